The Kier molecular flexibility index (Phi) is 5.02. The Bertz CT molecular complexity index is 399. The Morgan fingerprint density at radius 2 is 2.53 bits per heavy atom. The zero-order valence-corrected chi connectivity index (χ0v) is 10.6. The predicted octanol–water partition coefficient (Wildman–Crippen LogP) is 1.75. The van der Waals surface area contributed by atoms with E-state index >= 15 is 0 Å². The van der Waals surface area contributed by atoms with Crippen LogP contribution in [-0.2, 0) is 16.1 Å². The highest BCUT2D eigenvalue weighted by Gasteiger charge is 2.15. The Balaban J connectivity index is 1.79. The third kappa shape index (κ3) is 3.83. The van der Waals surface area contributed by atoms with Crippen LogP contribution < -0.4 is 5.73 Å². The largest absolute Gasteiger partial charge is 0.376 e. The summed E-state index contributed by atoms with van der Waals surface area (Å²) in [7, 11) is 0. The Hall–Kier alpha value is -0.860. The molecule has 1 aliphatic heterocycles. The minimum absolute atomic E-state index is 0.286. The monoisotopic (exact) mass is 251 g/mol. The maximum Gasteiger partial charge on any atom is 0.0823 e. The average Bonchev–Trinajstić information content (AvgIpc) is 2.98. The normalized spacial score (nSPS) is 19.0. The molecule has 2 N–H and O–H groups in total. The van der Waals surface area contributed by atoms with Gasteiger partial charge in [0.05, 0.1) is 25.9 Å². The molecule has 1 fully saturated rings. The third-order valence-corrected chi connectivity index (χ3v) is 3.53. The van der Waals surface area contributed by atoms with Gasteiger partial charge in [-0.1, -0.05) is 11.8 Å². The fraction of sp³-hybridized carbons (Fsp3) is 0.538. The van der Waals surface area contributed by atoms with Gasteiger partial charge >= 0.3 is 0 Å². The van der Waals surface area contributed by atoms with Crippen LogP contribution in [0.5, 0.6) is 0 Å². The van der Waals surface area contributed by atoms with Crippen LogP contribution in [0.1, 0.15) is 23.3 Å². The van der Waals surface area contributed by atoms with Crippen molar-refractivity contribution in [2.45, 2.75) is 25.6 Å². The number of thiophene rings is 1. The van der Waals surface area contributed by atoms with Crippen LogP contribution in [0.4, 0.5) is 0 Å². The quantitative estimate of drug-likeness (QED) is 0.829. The van der Waals surface area contributed by atoms with E-state index in [0.29, 0.717) is 19.8 Å². The molecular weight excluding hydrogens is 234 g/mol. The highest BCUT2D eigenvalue weighted by Crippen LogP contribution is 2.18. The van der Waals surface area contributed by atoms with Gasteiger partial charge in [0, 0.05) is 17.0 Å². The van der Waals surface area contributed by atoms with Crippen molar-refractivity contribution in [1.82, 2.24) is 0 Å². The first-order valence-electron chi connectivity index (χ1n) is 5.85. The molecule has 2 rings (SSSR count). The van der Waals surface area contributed by atoms with Crippen molar-refractivity contribution in [2.75, 3.05) is 19.8 Å². The van der Waals surface area contributed by atoms with E-state index in [-0.39, 0.29) is 6.10 Å². The smallest absolute Gasteiger partial charge is 0.0823 e. The first-order chi connectivity index (χ1) is 8.40. The molecule has 0 aliphatic carbocycles. The minimum Gasteiger partial charge on any atom is -0.376 e. The Labute approximate surface area is 106 Å². The van der Waals surface area contributed by atoms with Crippen molar-refractivity contribution in [2.24, 2.45) is 5.73 Å². The zero-order valence-electron chi connectivity index (χ0n) is 9.78. The molecule has 0 bridgehead atoms. The fourth-order valence-corrected chi connectivity index (χ4v) is 2.53. The van der Waals surface area contributed by atoms with Crippen LogP contribution in [0, 0.1) is 11.8 Å². The summed E-state index contributed by atoms with van der Waals surface area (Å²) in [6.45, 7) is 2.57. The lowest BCUT2D eigenvalue weighted by molar-refractivity contribution is 0.0113. The molecule has 1 unspecified atom stereocenters. The van der Waals surface area contributed by atoms with Crippen molar-refractivity contribution in [3.8, 4) is 11.8 Å². The number of hydrogen-bond acceptors (Lipinski definition) is 4. The highest BCUT2D eigenvalue weighted by molar-refractivity contribution is 7.10. The van der Waals surface area contributed by atoms with E-state index in [1.165, 1.54) is 4.88 Å². The van der Waals surface area contributed by atoms with Crippen molar-refractivity contribution in [1.29, 1.82) is 0 Å². The van der Waals surface area contributed by atoms with E-state index in [1.54, 1.807) is 11.3 Å². The average molecular weight is 251 g/mol. The summed E-state index contributed by atoms with van der Waals surface area (Å²) in [4.78, 5) is 1.17. The topological polar surface area (TPSA) is 44.5 Å². The van der Waals surface area contributed by atoms with Crippen molar-refractivity contribution in [3.05, 3.63) is 21.9 Å². The van der Waals surface area contributed by atoms with E-state index in [2.05, 4.69) is 11.8 Å². The molecule has 0 spiro atoms. The molecule has 0 aromatic carbocycles. The molecule has 1 saturated heterocycles. The summed E-state index contributed by atoms with van der Waals surface area (Å²) in [6, 6.07) is 2.01. The molecule has 92 valence electrons. The van der Waals surface area contributed by atoms with Crippen LogP contribution in [0.3, 0.4) is 0 Å². The van der Waals surface area contributed by atoms with Gasteiger partial charge in [-0.15, -0.1) is 11.3 Å². The lowest BCUT2D eigenvalue weighted by Crippen LogP contribution is -2.13. The molecule has 1 aromatic heterocycles. The number of rotatable bonds is 4. The van der Waals surface area contributed by atoms with Gasteiger partial charge in [0.1, 0.15) is 0 Å². The van der Waals surface area contributed by atoms with Crippen LogP contribution >= 0.6 is 11.3 Å². The second-order valence-electron chi connectivity index (χ2n) is 3.91. The van der Waals surface area contributed by atoms with E-state index in [4.69, 9.17) is 15.2 Å². The summed E-state index contributed by atoms with van der Waals surface area (Å²) < 4.78 is 11.2. The van der Waals surface area contributed by atoms with Crippen molar-refractivity contribution in [3.63, 3.8) is 0 Å². The summed E-state index contributed by atoms with van der Waals surface area (Å²) in [5.41, 5.74) is 6.40. The molecule has 17 heavy (non-hydrogen) atoms. The maximum atomic E-state index is 5.67. The molecule has 1 atom stereocenters. The molecule has 4 heteroatoms. The second kappa shape index (κ2) is 6.77. The molecule has 0 amide bonds. The van der Waals surface area contributed by atoms with Gasteiger partial charge in [-0.2, -0.15) is 0 Å². The van der Waals surface area contributed by atoms with Gasteiger partial charge in [0.25, 0.3) is 0 Å². The second-order valence-corrected chi connectivity index (χ2v) is 4.91. The number of nitrogens with two attached hydrogens (primary N) is 1. The standard InChI is InChI=1S/C13H17NO2S/c14-6-1-3-11-5-8-17-13(11)10-15-9-12-4-2-7-16-12/h5,8,12H,2,4,6-7,9-10,14H2. The van der Waals surface area contributed by atoms with Gasteiger partial charge in [0.15, 0.2) is 0 Å². The zero-order chi connectivity index (χ0) is 11.9. The SMILES string of the molecule is NCC#Cc1ccsc1COCC1CCCO1. The van der Waals surface area contributed by atoms with Crippen LogP contribution in [-0.4, -0.2) is 25.9 Å². The van der Waals surface area contributed by atoms with E-state index in [9.17, 15) is 0 Å². The van der Waals surface area contributed by atoms with Crippen LogP contribution in [0.2, 0.25) is 0 Å². The van der Waals surface area contributed by atoms with Crippen LogP contribution in [0.15, 0.2) is 11.4 Å². The lowest BCUT2D eigenvalue weighted by atomic mass is 10.2. The summed E-state index contributed by atoms with van der Waals surface area (Å²) >= 11 is 1.67. The first-order valence-corrected chi connectivity index (χ1v) is 6.73. The van der Waals surface area contributed by atoms with Gasteiger partial charge in [-0.25, -0.2) is 0 Å². The van der Waals surface area contributed by atoms with E-state index < -0.39 is 0 Å². The summed E-state index contributed by atoms with van der Waals surface area (Å²) in [5, 5.41) is 2.03. The molecule has 0 radical (unpaired) electrons. The van der Waals surface area contributed by atoms with E-state index in [1.807, 2.05) is 11.4 Å². The molecule has 3 nitrogen and oxygen atoms in total. The van der Waals surface area contributed by atoms with Gasteiger partial charge in [-0.3, -0.25) is 0 Å². The molecular formula is C13H17NO2S. The van der Waals surface area contributed by atoms with Crippen molar-refractivity contribution >= 4 is 11.3 Å². The number of hydrogen-bond donors (Lipinski definition) is 1. The van der Waals surface area contributed by atoms with Crippen LogP contribution in [0.25, 0.3) is 0 Å². The summed E-state index contributed by atoms with van der Waals surface area (Å²) in [5.74, 6) is 5.92. The number of ether oxygens (including phenoxy) is 2. The summed E-state index contributed by atoms with van der Waals surface area (Å²) in [6.07, 6.45) is 2.55. The lowest BCUT2D eigenvalue weighted by Gasteiger charge is -2.09. The Morgan fingerprint density at radius 3 is 3.29 bits per heavy atom. The van der Waals surface area contributed by atoms with E-state index in [0.717, 1.165) is 25.0 Å². The molecule has 1 aliphatic rings. The molecule has 0 saturated carbocycles. The van der Waals surface area contributed by atoms with Gasteiger partial charge < -0.3 is 15.2 Å². The van der Waals surface area contributed by atoms with Gasteiger partial charge in [0.2, 0.25) is 0 Å². The van der Waals surface area contributed by atoms with Crippen molar-refractivity contribution < 1.29 is 9.47 Å². The van der Waals surface area contributed by atoms with Gasteiger partial charge in [-0.05, 0) is 24.3 Å². The molecule has 2 heterocycles. The maximum absolute atomic E-state index is 5.67. The molecule has 1 aromatic rings. The first kappa shape index (κ1) is 12.6. The Morgan fingerprint density at radius 1 is 1.59 bits per heavy atom. The highest BCUT2D eigenvalue weighted by atomic mass is 32.1. The minimum atomic E-state index is 0.286. The fourth-order valence-electron chi connectivity index (χ4n) is 1.77. The third-order valence-electron chi connectivity index (χ3n) is 2.63. The predicted molar refractivity (Wildman–Crippen MR) is 68.9 cm³/mol.